The van der Waals surface area contributed by atoms with E-state index in [9.17, 15) is 8.42 Å². The van der Waals surface area contributed by atoms with Crippen LogP contribution in [0, 0.1) is 0 Å². The second-order valence-corrected chi connectivity index (χ2v) is 7.39. The van der Waals surface area contributed by atoms with Gasteiger partial charge in [0.05, 0.1) is 5.75 Å². The first-order valence-electron chi connectivity index (χ1n) is 6.75. The van der Waals surface area contributed by atoms with E-state index in [0.29, 0.717) is 6.42 Å². The molecule has 0 aliphatic heterocycles. The van der Waals surface area contributed by atoms with Crippen LogP contribution in [0.3, 0.4) is 0 Å². The van der Waals surface area contributed by atoms with E-state index in [0.717, 1.165) is 25.9 Å². The van der Waals surface area contributed by atoms with Gasteiger partial charge in [-0.15, -0.1) is 0 Å². The summed E-state index contributed by atoms with van der Waals surface area (Å²) in [5.74, 6) is 0.215. The molecule has 0 bridgehead atoms. The number of rotatable bonds is 10. The lowest BCUT2D eigenvalue weighted by molar-refractivity contribution is 0.554. The Labute approximate surface area is 120 Å². The molecule has 110 valence electrons. The summed E-state index contributed by atoms with van der Waals surface area (Å²) in [5, 5.41) is 7.26. The van der Waals surface area contributed by atoms with Crippen molar-refractivity contribution in [2.45, 2.75) is 39.2 Å². The normalized spacial score (nSPS) is 13.6. The third kappa shape index (κ3) is 7.67. The fourth-order valence-corrected chi connectivity index (χ4v) is 3.97. The van der Waals surface area contributed by atoms with Crippen LogP contribution in [0.1, 0.15) is 32.3 Å². The van der Waals surface area contributed by atoms with Gasteiger partial charge < -0.3 is 5.32 Å². The van der Waals surface area contributed by atoms with Gasteiger partial charge in [0.1, 0.15) is 0 Å². The van der Waals surface area contributed by atoms with Crippen molar-refractivity contribution in [1.29, 1.82) is 0 Å². The van der Waals surface area contributed by atoms with Crippen LogP contribution in [0.2, 0.25) is 0 Å². The molecule has 0 amide bonds. The third-order valence-corrected chi connectivity index (χ3v) is 5.09. The standard InChI is InChI=1S/C13H24N2O2S2/c1-3-14-7-4-5-9-19(16,17)15-12(2)10-13-6-8-18-11-13/h6,8,11-12,14-15H,3-5,7,9-10H2,1-2H3. The molecule has 0 saturated heterocycles. The molecule has 6 heteroatoms. The maximum Gasteiger partial charge on any atom is 0.211 e. The van der Waals surface area contributed by atoms with E-state index in [1.807, 2.05) is 25.3 Å². The predicted molar refractivity (Wildman–Crippen MR) is 82.2 cm³/mol. The lowest BCUT2D eigenvalue weighted by atomic mass is 10.1. The molecule has 0 radical (unpaired) electrons. The molecule has 1 aromatic heterocycles. The number of hydrogen-bond acceptors (Lipinski definition) is 4. The van der Waals surface area contributed by atoms with Crippen molar-refractivity contribution in [3.05, 3.63) is 22.4 Å². The highest BCUT2D eigenvalue weighted by Crippen LogP contribution is 2.09. The Morgan fingerprint density at radius 3 is 2.79 bits per heavy atom. The molecule has 1 heterocycles. The van der Waals surface area contributed by atoms with E-state index in [2.05, 4.69) is 15.4 Å². The van der Waals surface area contributed by atoms with Crippen molar-refractivity contribution in [3.8, 4) is 0 Å². The van der Waals surface area contributed by atoms with Crippen LogP contribution >= 0.6 is 11.3 Å². The fourth-order valence-electron chi connectivity index (χ4n) is 1.89. The van der Waals surface area contributed by atoms with E-state index in [1.54, 1.807) is 11.3 Å². The van der Waals surface area contributed by atoms with E-state index >= 15 is 0 Å². The molecule has 0 spiro atoms. The molecule has 0 aliphatic carbocycles. The highest BCUT2D eigenvalue weighted by atomic mass is 32.2. The van der Waals surface area contributed by atoms with Gasteiger partial charge in [-0.05, 0) is 61.7 Å². The molecule has 0 fully saturated rings. The molecule has 1 aromatic rings. The van der Waals surface area contributed by atoms with E-state index in [4.69, 9.17) is 0 Å². The number of nitrogens with one attached hydrogen (secondary N) is 2. The van der Waals surface area contributed by atoms with Gasteiger partial charge in [-0.25, -0.2) is 13.1 Å². The zero-order valence-electron chi connectivity index (χ0n) is 11.7. The van der Waals surface area contributed by atoms with Crippen LogP contribution in [0.5, 0.6) is 0 Å². The minimum atomic E-state index is -3.15. The Bertz CT molecular complexity index is 430. The van der Waals surface area contributed by atoms with Crippen molar-refractivity contribution in [2.24, 2.45) is 0 Å². The van der Waals surface area contributed by atoms with Crippen molar-refractivity contribution >= 4 is 21.4 Å². The SMILES string of the molecule is CCNCCCCS(=O)(=O)NC(C)Cc1ccsc1. The largest absolute Gasteiger partial charge is 0.317 e. The second kappa shape index (κ2) is 8.68. The molecule has 1 unspecified atom stereocenters. The van der Waals surface area contributed by atoms with Gasteiger partial charge in [-0.3, -0.25) is 0 Å². The first kappa shape index (κ1) is 16.6. The topological polar surface area (TPSA) is 58.2 Å². The minimum absolute atomic E-state index is 0.0478. The zero-order chi connectivity index (χ0) is 14.1. The summed E-state index contributed by atoms with van der Waals surface area (Å²) in [7, 11) is -3.15. The maximum absolute atomic E-state index is 11.9. The molecule has 0 aromatic carbocycles. The average molecular weight is 304 g/mol. The summed E-state index contributed by atoms with van der Waals surface area (Å²) < 4.78 is 26.5. The summed E-state index contributed by atoms with van der Waals surface area (Å²) in [4.78, 5) is 0. The molecule has 1 atom stereocenters. The number of unbranched alkanes of at least 4 members (excludes halogenated alkanes) is 1. The van der Waals surface area contributed by atoms with Crippen LogP contribution < -0.4 is 10.0 Å². The molecule has 0 aliphatic rings. The Hall–Kier alpha value is -0.430. The van der Waals surface area contributed by atoms with Crippen molar-refractivity contribution < 1.29 is 8.42 Å². The quantitative estimate of drug-likeness (QED) is 0.650. The molecule has 2 N–H and O–H groups in total. The minimum Gasteiger partial charge on any atom is -0.317 e. The van der Waals surface area contributed by atoms with Gasteiger partial charge in [-0.1, -0.05) is 6.92 Å². The highest BCUT2D eigenvalue weighted by Gasteiger charge is 2.14. The smallest absolute Gasteiger partial charge is 0.211 e. The van der Waals surface area contributed by atoms with E-state index < -0.39 is 10.0 Å². The lowest BCUT2D eigenvalue weighted by Crippen LogP contribution is -2.35. The Morgan fingerprint density at radius 1 is 1.37 bits per heavy atom. The van der Waals surface area contributed by atoms with E-state index in [-0.39, 0.29) is 11.8 Å². The Kier molecular flexibility index (Phi) is 7.60. The van der Waals surface area contributed by atoms with Gasteiger partial charge in [0, 0.05) is 6.04 Å². The van der Waals surface area contributed by atoms with Crippen molar-refractivity contribution in [3.63, 3.8) is 0 Å². The number of hydrogen-bond donors (Lipinski definition) is 2. The fraction of sp³-hybridized carbons (Fsp3) is 0.692. The van der Waals surface area contributed by atoms with Gasteiger partial charge in [0.25, 0.3) is 0 Å². The predicted octanol–water partition coefficient (Wildman–Crippen LogP) is 1.99. The van der Waals surface area contributed by atoms with Crippen LogP contribution in [0.15, 0.2) is 16.8 Å². The molecular formula is C13H24N2O2S2. The van der Waals surface area contributed by atoms with Gasteiger partial charge in [-0.2, -0.15) is 11.3 Å². The van der Waals surface area contributed by atoms with Crippen LogP contribution in [0.4, 0.5) is 0 Å². The average Bonchev–Trinajstić information content (AvgIpc) is 2.80. The Balaban J connectivity index is 2.25. The summed E-state index contributed by atoms with van der Waals surface area (Å²) >= 11 is 1.64. The first-order chi connectivity index (χ1) is 9.03. The lowest BCUT2D eigenvalue weighted by Gasteiger charge is -2.13. The highest BCUT2D eigenvalue weighted by molar-refractivity contribution is 7.89. The maximum atomic E-state index is 11.9. The summed E-state index contributed by atoms with van der Waals surface area (Å²) in [6.07, 6.45) is 2.35. The molecular weight excluding hydrogens is 280 g/mol. The van der Waals surface area contributed by atoms with Crippen LogP contribution in [0.25, 0.3) is 0 Å². The van der Waals surface area contributed by atoms with Gasteiger partial charge >= 0.3 is 0 Å². The molecule has 1 rings (SSSR count). The Morgan fingerprint density at radius 2 is 2.16 bits per heavy atom. The van der Waals surface area contributed by atoms with Gasteiger partial charge in [0.2, 0.25) is 10.0 Å². The first-order valence-corrected chi connectivity index (χ1v) is 9.35. The van der Waals surface area contributed by atoms with Crippen LogP contribution in [-0.4, -0.2) is 33.3 Å². The van der Waals surface area contributed by atoms with Crippen molar-refractivity contribution in [1.82, 2.24) is 10.0 Å². The number of thiophene rings is 1. The van der Waals surface area contributed by atoms with Crippen LogP contribution in [-0.2, 0) is 16.4 Å². The molecule has 0 saturated carbocycles. The van der Waals surface area contributed by atoms with Crippen molar-refractivity contribution in [2.75, 3.05) is 18.8 Å². The van der Waals surface area contributed by atoms with E-state index in [1.165, 1.54) is 5.56 Å². The molecule has 19 heavy (non-hydrogen) atoms. The summed E-state index contributed by atoms with van der Waals surface area (Å²) in [6.45, 7) is 5.78. The van der Waals surface area contributed by atoms with Gasteiger partial charge in [0.15, 0.2) is 0 Å². The summed E-state index contributed by atoms with van der Waals surface area (Å²) in [5.41, 5.74) is 1.19. The second-order valence-electron chi connectivity index (χ2n) is 4.73. The number of sulfonamides is 1. The summed E-state index contributed by atoms with van der Waals surface area (Å²) in [6, 6.07) is 1.99. The third-order valence-electron chi connectivity index (χ3n) is 2.77. The zero-order valence-corrected chi connectivity index (χ0v) is 13.3. The monoisotopic (exact) mass is 304 g/mol. The molecule has 4 nitrogen and oxygen atoms in total.